The van der Waals surface area contributed by atoms with Crippen molar-refractivity contribution in [2.75, 3.05) is 19.8 Å². The lowest BCUT2D eigenvalue weighted by Crippen LogP contribution is -2.27. The van der Waals surface area contributed by atoms with Gasteiger partial charge in [0.15, 0.2) is 0 Å². The molecule has 0 radical (unpaired) electrons. The number of hydrogen-bond acceptors (Lipinski definition) is 3. The molecule has 128 valence electrons. The molecule has 0 saturated heterocycles. The Morgan fingerprint density at radius 2 is 1.92 bits per heavy atom. The highest BCUT2D eigenvalue weighted by molar-refractivity contribution is 7.98. The van der Waals surface area contributed by atoms with Gasteiger partial charge >= 0.3 is 0 Å². The van der Waals surface area contributed by atoms with E-state index >= 15 is 0 Å². The first-order chi connectivity index (χ1) is 11.7. The van der Waals surface area contributed by atoms with Crippen LogP contribution in [0.5, 0.6) is 5.75 Å². The fourth-order valence-electron chi connectivity index (χ4n) is 3.03. The molecule has 24 heavy (non-hydrogen) atoms. The molecule has 0 aliphatic heterocycles. The van der Waals surface area contributed by atoms with Crippen molar-refractivity contribution in [1.29, 1.82) is 0 Å². The van der Waals surface area contributed by atoms with Crippen LogP contribution in [-0.4, -0.2) is 30.9 Å². The predicted molar refractivity (Wildman–Crippen MR) is 103 cm³/mol. The van der Waals surface area contributed by atoms with E-state index in [-0.39, 0.29) is 0 Å². The van der Waals surface area contributed by atoms with E-state index < -0.39 is 0 Å². The fraction of sp³-hybridized carbons (Fsp3) is 0.429. The summed E-state index contributed by atoms with van der Waals surface area (Å²) in [5.74, 6) is 1.76. The molecule has 1 fully saturated rings. The van der Waals surface area contributed by atoms with Crippen molar-refractivity contribution in [2.45, 2.75) is 36.8 Å². The van der Waals surface area contributed by atoms with Gasteiger partial charge in [0.1, 0.15) is 11.9 Å². The molecule has 1 atom stereocenters. The summed E-state index contributed by atoms with van der Waals surface area (Å²) in [6.07, 6.45) is 6.18. The first kappa shape index (κ1) is 17.4. The van der Waals surface area contributed by atoms with Crippen molar-refractivity contribution in [3.63, 3.8) is 0 Å². The Bertz CT molecular complexity index is 627. The van der Waals surface area contributed by atoms with E-state index in [1.165, 1.54) is 23.3 Å². The van der Waals surface area contributed by atoms with Crippen LogP contribution in [0.4, 0.5) is 0 Å². The van der Waals surface area contributed by atoms with Crippen LogP contribution < -0.4 is 4.74 Å². The highest BCUT2D eigenvalue weighted by atomic mass is 32.2. The lowest BCUT2D eigenvalue weighted by molar-refractivity contribution is 0.148. The van der Waals surface area contributed by atoms with Crippen molar-refractivity contribution < 1.29 is 4.74 Å². The first-order valence-corrected chi connectivity index (χ1v) is 10.0. The van der Waals surface area contributed by atoms with Crippen LogP contribution in [-0.2, 0) is 6.54 Å². The minimum absolute atomic E-state index is 0.348. The zero-order valence-corrected chi connectivity index (χ0v) is 15.5. The number of rotatable bonds is 9. The van der Waals surface area contributed by atoms with E-state index in [1.807, 2.05) is 0 Å². The van der Waals surface area contributed by atoms with E-state index in [9.17, 15) is 0 Å². The zero-order valence-electron chi connectivity index (χ0n) is 14.7. The average Bonchev–Trinajstić information content (AvgIpc) is 3.44. The molecule has 0 heterocycles. The Hall–Kier alpha value is -1.45. The van der Waals surface area contributed by atoms with Crippen molar-refractivity contribution in [3.8, 4) is 5.75 Å². The maximum absolute atomic E-state index is 6.34. The Morgan fingerprint density at radius 3 is 2.62 bits per heavy atom. The second-order valence-electron chi connectivity index (χ2n) is 6.68. The van der Waals surface area contributed by atoms with E-state index in [1.54, 1.807) is 11.8 Å². The Morgan fingerprint density at radius 1 is 1.12 bits per heavy atom. The zero-order chi connectivity index (χ0) is 16.8. The number of nitrogens with zero attached hydrogens (tertiary/aromatic N) is 1. The summed E-state index contributed by atoms with van der Waals surface area (Å²) in [5.41, 5.74) is 1.37. The lowest BCUT2D eigenvalue weighted by atomic mass is 10.1. The predicted octanol–water partition coefficient (Wildman–Crippen LogP) is 5.09. The van der Waals surface area contributed by atoms with Gasteiger partial charge in [-0.25, -0.2) is 0 Å². The molecule has 1 aliphatic rings. The van der Waals surface area contributed by atoms with Crippen LogP contribution in [0.3, 0.4) is 0 Å². The Kier molecular flexibility index (Phi) is 6.22. The largest absolute Gasteiger partial charge is 0.490 e. The monoisotopic (exact) mass is 341 g/mol. The lowest BCUT2D eigenvalue weighted by Gasteiger charge is -2.23. The van der Waals surface area contributed by atoms with Crippen LogP contribution in [0.1, 0.15) is 24.8 Å². The standard InChI is InChI=1S/C21H27NOS/c1-22(16-17-7-4-3-5-8-17)14-13-21(18-11-12-18)23-19-9-6-10-20(15-19)24-2/h3-10,15,18,21H,11-14,16H2,1-2H3. The van der Waals surface area contributed by atoms with Gasteiger partial charge in [0, 0.05) is 18.0 Å². The second kappa shape index (κ2) is 8.59. The third-order valence-electron chi connectivity index (χ3n) is 4.57. The van der Waals surface area contributed by atoms with Crippen LogP contribution in [0.25, 0.3) is 0 Å². The van der Waals surface area contributed by atoms with Gasteiger partial charge in [-0.1, -0.05) is 36.4 Å². The molecule has 0 aromatic heterocycles. The number of thioether (sulfide) groups is 1. The highest BCUT2D eigenvalue weighted by Gasteiger charge is 2.32. The van der Waals surface area contributed by atoms with Crippen LogP contribution in [0, 0.1) is 5.92 Å². The van der Waals surface area contributed by atoms with Gasteiger partial charge in [0.2, 0.25) is 0 Å². The maximum atomic E-state index is 6.34. The molecule has 2 nitrogen and oxygen atoms in total. The summed E-state index contributed by atoms with van der Waals surface area (Å²) >= 11 is 1.77. The van der Waals surface area contributed by atoms with Crippen LogP contribution in [0.2, 0.25) is 0 Å². The van der Waals surface area contributed by atoms with Gasteiger partial charge in [-0.2, -0.15) is 0 Å². The molecular weight excluding hydrogens is 314 g/mol. The minimum Gasteiger partial charge on any atom is -0.490 e. The van der Waals surface area contributed by atoms with Gasteiger partial charge in [0.25, 0.3) is 0 Å². The molecule has 1 saturated carbocycles. The number of benzene rings is 2. The number of ether oxygens (including phenoxy) is 1. The van der Waals surface area contributed by atoms with Crippen molar-refractivity contribution in [2.24, 2.45) is 5.92 Å². The molecular formula is C21H27NOS. The molecule has 2 aromatic carbocycles. The molecule has 0 N–H and O–H groups in total. The molecule has 0 spiro atoms. The van der Waals surface area contributed by atoms with Crippen molar-refractivity contribution in [3.05, 3.63) is 60.2 Å². The SMILES string of the molecule is CSc1cccc(OC(CCN(C)Cc2ccccc2)C2CC2)c1. The Balaban J connectivity index is 1.52. The molecule has 1 aliphatic carbocycles. The van der Waals surface area contributed by atoms with E-state index in [2.05, 4.69) is 72.8 Å². The smallest absolute Gasteiger partial charge is 0.120 e. The summed E-state index contributed by atoms with van der Waals surface area (Å²) < 4.78 is 6.34. The summed E-state index contributed by atoms with van der Waals surface area (Å²) in [5, 5.41) is 0. The van der Waals surface area contributed by atoms with Gasteiger partial charge < -0.3 is 9.64 Å². The second-order valence-corrected chi connectivity index (χ2v) is 7.56. The summed E-state index contributed by atoms with van der Waals surface area (Å²) in [7, 11) is 2.20. The van der Waals surface area contributed by atoms with Crippen LogP contribution >= 0.6 is 11.8 Å². The quantitative estimate of drug-likeness (QED) is 0.590. The normalized spacial score (nSPS) is 15.5. The minimum atomic E-state index is 0.348. The summed E-state index contributed by atoms with van der Waals surface area (Å²) in [4.78, 5) is 3.66. The van der Waals surface area contributed by atoms with E-state index in [4.69, 9.17) is 4.74 Å². The summed E-state index contributed by atoms with van der Waals surface area (Å²) in [6, 6.07) is 19.2. The van der Waals surface area contributed by atoms with Gasteiger partial charge in [-0.05, 0) is 62.2 Å². The Labute approximate surface area is 150 Å². The van der Waals surface area contributed by atoms with E-state index in [0.717, 1.165) is 31.2 Å². The van der Waals surface area contributed by atoms with Gasteiger partial charge in [-0.3, -0.25) is 0 Å². The molecule has 3 rings (SSSR count). The molecule has 0 amide bonds. The average molecular weight is 342 g/mol. The van der Waals surface area contributed by atoms with Gasteiger partial charge in [-0.15, -0.1) is 11.8 Å². The first-order valence-electron chi connectivity index (χ1n) is 8.78. The fourth-order valence-corrected chi connectivity index (χ4v) is 3.48. The molecule has 1 unspecified atom stereocenters. The molecule has 2 aromatic rings. The summed E-state index contributed by atoms with van der Waals surface area (Å²) in [6.45, 7) is 2.07. The van der Waals surface area contributed by atoms with E-state index in [0.29, 0.717) is 6.10 Å². The third kappa shape index (κ3) is 5.29. The topological polar surface area (TPSA) is 12.5 Å². The molecule has 0 bridgehead atoms. The van der Waals surface area contributed by atoms with Crippen LogP contribution in [0.15, 0.2) is 59.5 Å². The highest BCUT2D eigenvalue weighted by Crippen LogP contribution is 2.37. The third-order valence-corrected chi connectivity index (χ3v) is 5.29. The maximum Gasteiger partial charge on any atom is 0.120 e. The van der Waals surface area contributed by atoms with Gasteiger partial charge in [0.05, 0.1) is 0 Å². The molecule has 3 heteroatoms. The number of hydrogen-bond donors (Lipinski definition) is 0. The van der Waals surface area contributed by atoms with Crippen molar-refractivity contribution in [1.82, 2.24) is 4.90 Å². The van der Waals surface area contributed by atoms with Crippen molar-refractivity contribution >= 4 is 11.8 Å².